The lowest BCUT2D eigenvalue weighted by Crippen LogP contribution is -2.49. The first-order chi connectivity index (χ1) is 10.2. The van der Waals surface area contributed by atoms with Crippen molar-refractivity contribution in [2.45, 2.75) is 43.6 Å². The molecule has 0 aliphatic carbocycles. The summed E-state index contributed by atoms with van der Waals surface area (Å²) in [4.78, 5) is 18.6. The van der Waals surface area contributed by atoms with Gasteiger partial charge in [-0.1, -0.05) is 0 Å². The van der Waals surface area contributed by atoms with E-state index >= 15 is 0 Å². The number of nitrogens with one attached hydrogen (secondary N) is 1. The molecule has 0 aromatic carbocycles. The summed E-state index contributed by atoms with van der Waals surface area (Å²) < 4.78 is 19.5. The molecule has 0 radical (unpaired) electrons. The van der Waals surface area contributed by atoms with Crippen molar-refractivity contribution in [2.24, 2.45) is 0 Å². The number of amides is 1. The van der Waals surface area contributed by atoms with Gasteiger partial charge in [0.2, 0.25) is 0 Å². The van der Waals surface area contributed by atoms with Crippen molar-refractivity contribution >= 4 is 5.91 Å². The van der Waals surface area contributed by atoms with Gasteiger partial charge in [0, 0.05) is 6.20 Å². The van der Waals surface area contributed by atoms with Crippen LogP contribution in [0.4, 0.5) is 4.39 Å². The molecule has 112 valence electrons. The summed E-state index contributed by atoms with van der Waals surface area (Å²) >= 11 is 0. The Morgan fingerprint density at radius 2 is 2.14 bits per heavy atom. The minimum Gasteiger partial charge on any atom is -0.342 e. The van der Waals surface area contributed by atoms with Crippen LogP contribution in [0.1, 0.15) is 37.3 Å². The van der Waals surface area contributed by atoms with E-state index in [1.807, 2.05) is 4.90 Å². The van der Waals surface area contributed by atoms with E-state index in [-0.39, 0.29) is 24.0 Å². The maximum absolute atomic E-state index is 13.4. The second-order valence-corrected chi connectivity index (χ2v) is 6.06. The number of carbonyl (C=O) groups excluding carboxylic acids is 1. The highest BCUT2D eigenvalue weighted by molar-refractivity contribution is 5.88. The van der Waals surface area contributed by atoms with Crippen molar-refractivity contribution < 1.29 is 13.9 Å². The predicted molar refractivity (Wildman–Crippen MR) is 72.7 cm³/mol. The molecule has 0 bridgehead atoms. The van der Waals surface area contributed by atoms with Gasteiger partial charge in [0.05, 0.1) is 12.2 Å². The number of nitrogens with zero attached hydrogens (tertiary/aromatic N) is 2. The first-order valence-corrected chi connectivity index (χ1v) is 7.51. The van der Waals surface area contributed by atoms with Crippen molar-refractivity contribution in [2.75, 3.05) is 13.1 Å². The van der Waals surface area contributed by atoms with E-state index in [2.05, 4.69) is 10.3 Å². The Morgan fingerprint density at radius 3 is 2.90 bits per heavy atom. The Hall–Kier alpha value is -1.53. The van der Waals surface area contributed by atoms with Crippen LogP contribution in [0, 0.1) is 5.82 Å². The van der Waals surface area contributed by atoms with Gasteiger partial charge >= 0.3 is 0 Å². The SMILES string of the molecule is O=C1N2[C@@H](CC[C@H]2c2cncc(F)c2)OC12CCNCC2. The zero-order valence-electron chi connectivity index (χ0n) is 11.7. The number of rotatable bonds is 1. The molecule has 3 aliphatic rings. The highest BCUT2D eigenvalue weighted by Crippen LogP contribution is 2.46. The summed E-state index contributed by atoms with van der Waals surface area (Å²) in [7, 11) is 0. The maximum Gasteiger partial charge on any atom is 0.257 e. The van der Waals surface area contributed by atoms with E-state index in [1.165, 1.54) is 12.3 Å². The van der Waals surface area contributed by atoms with Crippen LogP contribution in [0.3, 0.4) is 0 Å². The molecule has 6 heteroatoms. The lowest BCUT2D eigenvalue weighted by molar-refractivity contribution is -0.140. The molecule has 1 amide bonds. The molecule has 1 spiro atoms. The second kappa shape index (κ2) is 4.74. The number of carbonyl (C=O) groups is 1. The van der Waals surface area contributed by atoms with Crippen LogP contribution in [0.2, 0.25) is 0 Å². The molecule has 0 saturated carbocycles. The molecule has 0 unspecified atom stereocenters. The smallest absolute Gasteiger partial charge is 0.257 e. The predicted octanol–water partition coefficient (Wildman–Crippen LogP) is 1.36. The van der Waals surface area contributed by atoms with Crippen LogP contribution in [0.5, 0.6) is 0 Å². The first-order valence-electron chi connectivity index (χ1n) is 7.51. The first kappa shape index (κ1) is 13.2. The van der Waals surface area contributed by atoms with E-state index in [9.17, 15) is 9.18 Å². The van der Waals surface area contributed by atoms with Crippen LogP contribution in [0.15, 0.2) is 18.5 Å². The van der Waals surface area contributed by atoms with Crippen molar-refractivity contribution in [3.8, 4) is 0 Å². The van der Waals surface area contributed by atoms with Crippen LogP contribution in [-0.2, 0) is 9.53 Å². The zero-order valence-corrected chi connectivity index (χ0v) is 11.7. The molecule has 1 aromatic heterocycles. The van der Waals surface area contributed by atoms with Gasteiger partial charge in [-0.15, -0.1) is 0 Å². The molecule has 3 saturated heterocycles. The van der Waals surface area contributed by atoms with Gasteiger partial charge in [-0.25, -0.2) is 4.39 Å². The molecular formula is C15H18FN3O2. The van der Waals surface area contributed by atoms with Crippen molar-refractivity contribution in [1.82, 2.24) is 15.2 Å². The summed E-state index contributed by atoms with van der Waals surface area (Å²) in [6.07, 6.45) is 5.71. The monoisotopic (exact) mass is 291 g/mol. The quantitative estimate of drug-likeness (QED) is 0.849. The lowest BCUT2D eigenvalue weighted by atomic mass is 9.90. The Balaban J connectivity index is 1.64. The number of piperidine rings is 1. The highest BCUT2D eigenvalue weighted by Gasteiger charge is 2.57. The average molecular weight is 291 g/mol. The van der Waals surface area contributed by atoms with E-state index in [0.717, 1.165) is 31.5 Å². The number of halogens is 1. The number of fused-ring (bicyclic) bond motifs is 1. The number of hydrogen-bond donors (Lipinski definition) is 1. The zero-order chi connectivity index (χ0) is 14.4. The minimum atomic E-state index is -0.657. The van der Waals surface area contributed by atoms with Crippen LogP contribution >= 0.6 is 0 Å². The van der Waals surface area contributed by atoms with Gasteiger partial charge in [-0.05, 0) is 50.4 Å². The van der Waals surface area contributed by atoms with E-state index < -0.39 is 5.60 Å². The summed E-state index contributed by atoms with van der Waals surface area (Å²) in [5.74, 6) is -0.291. The summed E-state index contributed by atoms with van der Waals surface area (Å²) in [5, 5.41) is 3.26. The lowest BCUT2D eigenvalue weighted by Gasteiger charge is -2.32. The van der Waals surface area contributed by atoms with Gasteiger partial charge in [0.15, 0.2) is 5.60 Å². The minimum absolute atomic E-state index is 0.0701. The molecule has 3 fully saturated rings. The van der Waals surface area contributed by atoms with E-state index in [1.54, 1.807) is 6.20 Å². The molecule has 1 N–H and O–H groups in total. The molecule has 1 aromatic rings. The van der Waals surface area contributed by atoms with Gasteiger partial charge < -0.3 is 15.0 Å². The molecule has 21 heavy (non-hydrogen) atoms. The highest BCUT2D eigenvalue weighted by atomic mass is 19.1. The molecule has 4 heterocycles. The summed E-state index contributed by atoms with van der Waals surface area (Å²) in [5.41, 5.74) is 0.107. The fourth-order valence-corrected chi connectivity index (χ4v) is 3.81. The Morgan fingerprint density at radius 1 is 1.33 bits per heavy atom. The molecule has 3 aliphatic heterocycles. The third-order valence-corrected chi connectivity index (χ3v) is 4.84. The summed E-state index contributed by atoms with van der Waals surface area (Å²) in [6, 6.07) is 1.36. The molecular weight excluding hydrogens is 273 g/mol. The second-order valence-electron chi connectivity index (χ2n) is 6.06. The molecule has 2 atom stereocenters. The Labute approximate surface area is 122 Å². The van der Waals surface area contributed by atoms with Gasteiger partial charge in [0.25, 0.3) is 5.91 Å². The number of hydrogen-bond acceptors (Lipinski definition) is 4. The topological polar surface area (TPSA) is 54.5 Å². The van der Waals surface area contributed by atoms with Gasteiger partial charge in [-0.3, -0.25) is 9.78 Å². The van der Waals surface area contributed by atoms with Gasteiger partial charge in [-0.2, -0.15) is 0 Å². The number of aromatic nitrogens is 1. The standard InChI is InChI=1S/C15H18FN3O2/c16-11-7-10(8-18-9-11)12-1-2-13-19(12)14(20)15(21-13)3-5-17-6-4-15/h7-9,12-13,17H,1-6H2/t12-,13+/m0/s1. The third-order valence-electron chi connectivity index (χ3n) is 4.84. The van der Waals surface area contributed by atoms with Crippen LogP contribution in [-0.4, -0.2) is 40.7 Å². The maximum atomic E-state index is 13.4. The summed E-state index contributed by atoms with van der Waals surface area (Å²) in [6.45, 7) is 1.61. The third kappa shape index (κ3) is 1.97. The van der Waals surface area contributed by atoms with Crippen LogP contribution < -0.4 is 5.32 Å². The van der Waals surface area contributed by atoms with Crippen molar-refractivity contribution in [1.29, 1.82) is 0 Å². The average Bonchev–Trinajstić information content (AvgIpc) is 3.00. The fourth-order valence-electron chi connectivity index (χ4n) is 3.81. The molecule has 5 nitrogen and oxygen atoms in total. The van der Waals surface area contributed by atoms with E-state index in [4.69, 9.17) is 4.74 Å². The van der Waals surface area contributed by atoms with Crippen molar-refractivity contribution in [3.63, 3.8) is 0 Å². The van der Waals surface area contributed by atoms with Crippen molar-refractivity contribution in [3.05, 3.63) is 29.8 Å². The van der Waals surface area contributed by atoms with Gasteiger partial charge in [0.1, 0.15) is 12.0 Å². The Kier molecular flexibility index (Phi) is 2.97. The Bertz CT molecular complexity index is 574. The van der Waals surface area contributed by atoms with Crippen LogP contribution in [0.25, 0.3) is 0 Å². The normalized spacial score (nSPS) is 30.9. The number of pyridine rings is 1. The number of ether oxygens (including phenoxy) is 1. The molecule has 4 rings (SSSR count). The largest absolute Gasteiger partial charge is 0.342 e. The fraction of sp³-hybridized carbons (Fsp3) is 0.600. The van der Waals surface area contributed by atoms with E-state index in [0.29, 0.717) is 12.8 Å².